The van der Waals surface area contributed by atoms with Crippen LogP contribution in [0.5, 0.6) is 0 Å². The summed E-state index contributed by atoms with van der Waals surface area (Å²) in [5.41, 5.74) is 2.93. The third-order valence-electron chi connectivity index (χ3n) is 6.71. The van der Waals surface area contributed by atoms with Crippen LogP contribution in [0.2, 0.25) is 0 Å². The lowest BCUT2D eigenvalue weighted by atomic mass is 10.0. The zero-order chi connectivity index (χ0) is 23.6. The van der Waals surface area contributed by atoms with Gasteiger partial charge in [-0.3, -0.25) is 9.69 Å². The Morgan fingerprint density at radius 1 is 1.00 bits per heavy atom. The third-order valence-corrected chi connectivity index (χ3v) is 8.78. The summed E-state index contributed by atoms with van der Waals surface area (Å²) >= 11 is 0. The van der Waals surface area contributed by atoms with E-state index in [-0.39, 0.29) is 0 Å². The molecule has 1 saturated heterocycles. The summed E-state index contributed by atoms with van der Waals surface area (Å²) in [6, 6.07) is 19.2. The highest BCUT2D eigenvalue weighted by Crippen LogP contribution is 2.41. The largest absolute Gasteiger partial charge is 0.311 e. The Bertz CT molecular complexity index is 1050. The van der Waals surface area contributed by atoms with Crippen molar-refractivity contribution in [3.8, 4) is 0 Å². The molecule has 33 heavy (non-hydrogen) atoms. The van der Waals surface area contributed by atoms with E-state index in [0.29, 0.717) is 23.6 Å². The van der Waals surface area contributed by atoms with Crippen LogP contribution in [0.25, 0.3) is 0 Å². The molecule has 2 aromatic carbocycles. The van der Waals surface area contributed by atoms with Gasteiger partial charge in [-0.05, 0) is 76.4 Å². The molecule has 1 heterocycles. The van der Waals surface area contributed by atoms with Gasteiger partial charge in [0.05, 0.1) is 4.75 Å². The second-order valence-corrected chi connectivity index (χ2v) is 12.8. The molecule has 0 spiro atoms. The molecule has 178 valence electrons. The summed E-state index contributed by atoms with van der Waals surface area (Å²) in [6.45, 7) is 7.63. The van der Waals surface area contributed by atoms with Crippen molar-refractivity contribution >= 4 is 15.9 Å². The molecule has 1 amide bonds. The van der Waals surface area contributed by atoms with Crippen LogP contribution in [-0.2, 0) is 16.6 Å². The van der Waals surface area contributed by atoms with Crippen LogP contribution in [0.4, 0.5) is 0 Å². The lowest BCUT2D eigenvalue weighted by molar-refractivity contribution is 0.0980. The van der Waals surface area contributed by atoms with Crippen molar-refractivity contribution in [3.05, 3.63) is 71.3 Å². The molecule has 7 heteroatoms. The average Bonchev–Trinajstić information content (AvgIpc) is 3.54. The zero-order valence-electron chi connectivity index (χ0n) is 19.8. The number of amides is 1. The van der Waals surface area contributed by atoms with Gasteiger partial charge in [0.25, 0.3) is 5.91 Å². The predicted octanol–water partition coefficient (Wildman–Crippen LogP) is 3.65. The number of benzene rings is 2. The number of hydrogen-bond donors (Lipinski definition) is 2. The maximum absolute atomic E-state index is 12.3. The molecule has 2 atom stereocenters. The number of nitrogens with one attached hydrogen (secondary N) is 2. The maximum atomic E-state index is 12.3. The maximum Gasteiger partial charge on any atom is 0.264 e. The Hall–Kier alpha value is -2.22. The molecule has 2 aliphatic rings. The highest BCUT2D eigenvalue weighted by atomic mass is 32.2. The van der Waals surface area contributed by atoms with Crippen molar-refractivity contribution in [1.29, 1.82) is 0 Å². The van der Waals surface area contributed by atoms with Crippen LogP contribution in [0.1, 0.15) is 67.4 Å². The van der Waals surface area contributed by atoms with E-state index in [4.69, 9.17) is 0 Å². The van der Waals surface area contributed by atoms with Gasteiger partial charge in [-0.2, -0.15) is 0 Å². The number of likely N-dealkylation sites (tertiary alicyclic amines) is 1. The Morgan fingerprint density at radius 3 is 2.24 bits per heavy atom. The molecule has 1 aliphatic heterocycles. The Labute approximate surface area is 197 Å². The van der Waals surface area contributed by atoms with E-state index in [1.54, 1.807) is 32.9 Å². The highest BCUT2D eigenvalue weighted by Gasteiger charge is 2.39. The van der Waals surface area contributed by atoms with Crippen LogP contribution >= 0.6 is 0 Å². The van der Waals surface area contributed by atoms with Gasteiger partial charge in [-0.1, -0.05) is 42.5 Å². The number of carbonyl (C=O) groups is 1. The molecule has 1 aliphatic carbocycles. The number of hydrogen-bond acceptors (Lipinski definition) is 5. The monoisotopic (exact) mass is 469 g/mol. The van der Waals surface area contributed by atoms with Crippen LogP contribution in [0.15, 0.2) is 54.6 Å². The van der Waals surface area contributed by atoms with E-state index >= 15 is 0 Å². The van der Waals surface area contributed by atoms with Gasteiger partial charge in [-0.25, -0.2) is 13.1 Å². The number of rotatable bonds is 7. The van der Waals surface area contributed by atoms with E-state index in [1.807, 2.05) is 12.1 Å². The first kappa shape index (κ1) is 23.9. The first-order valence-electron chi connectivity index (χ1n) is 11.8. The summed E-state index contributed by atoms with van der Waals surface area (Å²) in [7, 11) is -3.72. The Kier molecular flexibility index (Phi) is 6.93. The fourth-order valence-corrected chi connectivity index (χ4v) is 5.03. The minimum Gasteiger partial charge on any atom is -0.311 e. The van der Waals surface area contributed by atoms with E-state index in [0.717, 1.165) is 38.0 Å². The first-order valence-corrected chi connectivity index (χ1v) is 13.3. The van der Waals surface area contributed by atoms with Crippen molar-refractivity contribution in [2.45, 2.75) is 69.3 Å². The second kappa shape index (κ2) is 9.57. The number of sulfonamides is 1. The second-order valence-electron chi connectivity index (χ2n) is 10.3. The molecule has 0 aromatic heterocycles. The third kappa shape index (κ3) is 6.02. The predicted molar refractivity (Wildman–Crippen MR) is 132 cm³/mol. The number of piperidine rings is 1. The van der Waals surface area contributed by atoms with Gasteiger partial charge < -0.3 is 5.32 Å². The standard InChI is InChI=1S/C26H35N3O3S/c1-26(2,3)33(31,32)28-25(30)21-11-9-19(10-12-21)18-29-15-13-22(14-16-29)27-24-17-23(24)20-7-5-4-6-8-20/h4-12,22-24,27H,13-18H2,1-3H3,(H,28,30). The Morgan fingerprint density at radius 2 is 1.64 bits per heavy atom. The van der Waals surface area contributed by atoms with Crippen LogP contribution in [0, 0.1) is 0 Å². The zero-order valence-corrected chi connectivity index (χ0v) is 20.6. The molecule has 0 bridgehead atoms. The van der Waals surface area contributed by atoms with Gasteiger partial charge in [0, 0.05) is 30.1 Å². The van der Waals surface area contributed by atoms with Gasteiger partial charge in [0.15, 0.2) is 0 Å². The topological polar surface area (TPSA) is 78.5 Å². The molecule has 2 N–H and O–H groups in total. The van der Waals surface area contributed by atoms with Gasteiger partial charge in [0.2, 0.25) is 10.0 Å². The molecule has 2 unspecified atom stereocenters. The average molecular weight is 470 g/mol. The van der Waals surface area contributed by atoms with Gasteiger partial charge >= 0.3 is 0 Å². The molecular formula is C26H35N3O3S. The smallest absolute Gasteiger partial charge is 0.264 e. The Balaban J connectivity index is 1.22. The van der Waals surface area contributed by atoms with Crippen LogP contribution in [0.3, 0.4) is 0 Å². The molecule has 2 aromatic rings. The van der Waals surface area contributed by atoms with Crippen molar-refractivity contribution in [2.24, 2.45) is 0 Å². The van der Waals surface area contributed by atoms with E-state index in [9.17, 15) is 13.2 Å². The molecule has 6 nitrogen and oxygen atoms in total. The van der Waals surface area contributed by atoms with Crippen LogP contribution < -0.4 is 10.0 Å². The van der Waals surface area contributed by atoms with Crippen LogP contribution in [-0.4, -0.2) is 49.1 Å². The summed E-state index contributed by atoms with van der Waals surface area (Å²) in [5.74, 6) is 0.0792. The van der Waals surface area contributed by atoms with Crippen molar-refractivity contribution in [2.75, 3.05) is 13.1 Å². The fourth-order valence-electron chi connectivity index (χ4n) is 4.36. The molecule has 2 fully saturated rings. The molecular weight excluding hydrogens is 434 g/mol. The SMILES string of the molecule is CC(C)(C)S(=O)(=O)NC(=O)c1ccc(CN2CCC(NC3CC3c3ccccc3)CC2)cc1. The lowest BCUT2D eigenvalue weighted by Gasteiger charge is -2.32. The molecule has 1 saturated carbocycles. The minimum absolute atomic E-state index is 0.354. The summed E-state index contributed by atoms with van der Waals surface area (Å²) in [4.78, 5) is 14.8. The molecule has 4 rings (SSSR count). The van der Waals surface area contributed by atoms with E-state index in [2.05, 4.69) is 45.3 Å². The van der Waals surface area contributed by atoms with Gasteiger partial charge in [0.1, 0.15) is 0 Å². The van der Waals surface area contributed by atoms with Crippen molar-refractivity contribution in [1.82, 2.24) is 14.9 Å². The fraction of sp³-hybridized carbons (Fsp3) is 0.500. The molecule has 0 radical (unpaired) electrons. The van der Waals surface area contributed by atoms with E-state index in [1.165, 1.54) is 12.0 Å². The van der Waals surface area contributed by atoms with Crippen molar-refractivity contribution in [3.63, 3.8) is 0 Å². The highest BCUT2D eigenvalue weighted by molar-refractivity contribution is 7.91. The normalized spacial score (nSPS) is 22.2. The minimum atomic E-state index is -3.72. The van der Waals surface area contributed by atoms with E-state index < -0.39 is 20.7 Å². The van der Waals surface area contributed by atoms with Crippen molar-refractivity contribution < 1.29 is 13.2 Å². The van der Waals surface area contributed by atoms with Gasteiger partial charge in [-0.15, -0.1) is 0 Å². The first-order chi connectivity index (χ1) is 15.6. The summed E-state index contributed by atoms with van der Waals surface area (Å²) in [6.07, 6.45) is 3.52. The quantitative estimate of drug-likeness (QED) is 0.647. The summed E-state index contributed by atoms with van der Waals surface area (Å²) < 4.78 is 25.6. The number of nitrogens with zero attached hydrogens (tertiary/aromatic N) is 1. The lowest BCUT2D eigenvalue weighted by Crippen LogP contribution is -2.43. The summed E-state index contributed by atoms with van der Waals surface area (Å²) in [5, 5.41) is 3.85. The number of carbonyl (C=O) groups excluding carboxylic acids is 1.